The molecule has 0 fully saturated rings. The number of ether oxygens (including phenoxy) is 1. The Bertz CT molecular complexity index is 1420. The van der Waals surface area contributed by atoms with Crippen LogP contribution < -0.4 is 15.8 Å². The van der Waals surface area contributed by atoms with Crippen molar-refractivity contribution in [3.63, 3.8) is 0 Å². The number of carbonyl (C=O) groups excluding carboxylic acids is 1. The van der Waals surface area contributed by atoms with Crippen LogP contribution in [0, 0.1) is 18.3 Å². The van der Waals surface area contributed by atoms with Gasteiger partial charge in [0.15, 0.2) is 9.84 Å². The fraction of sp³-hybridized carbons (Fsp3) is 0.440. The second-order valence-corrected chi connectivity index (χ2v) is 13.1. The Morgan fingerprint density at radius 1 is 1.23 bits per heavy atom. The molecule has 2 aromatic rings. The number of hydrogen-bond donors (Lipinski definition) is 2. The molecule has 2 atom stereocenters. The van der Waals surface area contributed by atoms with Gasteiger partial charge in [-0.25, -0.2) is 13.4 Å². The number of carbonyl (C=O) groups is 1. The number of aliphatic imine (C=N–C) groups is 1. The predicted octanol–water partition coefficient (Wildman–Crippen LogP) is 3.22. The summed E-state index contributed by atoms with van der Waals surface area (Å²) in [5.41, 5.74) is 6.28. The molecule has 1 amide bonds. The van der Waals surface area contributed by atoms with Crippen LogP contribution in [-0.2, 0) is 15.4 Å². The standard InChI is InChI=1S/C25H29N5O4S/c1-14-9-15(12-26)13-28-20(14)21(31)29-16-7-8-18-17(10-16)25(6)19(11-23(2,3)34-18)35(32,33)24(4,5)22(27)30-25/h7-10,13,19H,11H2,1-6H3,(H2,27,30)(H,29,31)/t19-,25-/m1/s1. The highest BCUT2D eigenvalue weighted by molar-refractivity contribution is 7.94. The van der Waals surface area contributed by atoms with E-state index in [4.69, 9.17) is 20.7 Å². The number of nitrogens with two attached hydrogens (primary N) is 1. The lowest BCUT2D eigenvalue weighted by Crippen LogP contribution is -2.60. The molecule has 1 aromatic carbocycles. The minimum absolute atomic E-state index is 0.0359. The summed E-state index contributed by atoms with van der Waals surface area (Å²) in [4.78, 5) is 21.8. The lowest BCUT2D eigenvalue weighted by molar-refractivity contribution is 0.101. The fourth-order valence-corrected chi connectivity index (χ4v) is 7.20. The van der Waals surface area contributed by atoms with Crippen molar-refractivity contribution in [1.29, 1.82) is 5.26 Å². The van der Waals surface area contributed by atoms with Gasteiger partial charge in [0.05, 0.1) is 10.8 Å². The van der Waals surface area contributed by atoms with Gasteiger partial charge in [0.25, 0.3) is 5.91 Å². The van der Waals surface area contributed by atoms with Crippen molar-refractivity contribution < 1.29 is 17.9 Å². The molecule has 0 bridgehead atoms. The van der Waals surface area contributed by atoms with Gasteiger partial charge >= 0.3 is 0 Å². The second-order valence-electron chi connectivity index (χ2n) is 10.4. The highest BCUT2D eigenvalue weighted by Crippen LogP contribution is 2.51. The van der Waals surface area contributed by atoms with E-state index in [1.165, 1.54) is 6.20 Å². The summed E-state index contributed by atoms with van der Waals surface area (Å²) in [6.45, 7) is 10.3. The monoisotopic (exact) mass is 495 g/mol. The van der Waals surface area contributed by atoms with Gasteiger partial charge in [-0.1, -0.05) is 0 Å². The lowest BCUT2D eigenvalue weighted by Gasteiger charge is -2.44. The number of nitrogens with zero attached hydrogens (tertiary/aromatic N) is 3. The summed E-state index contributed by atoms with van der Waals surface area (Å²) in [7, 11) is -3.76. The largest absolute Gasteiger partial charge is 0.487 e. The summed E-state index contributed by atoms with van der Waals surface area (Å²) in [6, 6.07) is 8.66. The topological polar surface area (TPSA) is 148 Å². The Hall–Kier alpha value is -3.45. The molecule has 0 unspecified atom stereocenters. The number of nitriles is 1. The molecule has 3 N–H and O–H groups in total. The van der Waals surface area contributed by atoms with Gasteiger partial charge in [-0.2, -0.15) is 5.26 Å². The van der Waals surface area contributed by atoms with Gasteiger partial charge in [-0.05, 0) is 71.4 Å². The number of rotatable bonds is 2. The van der Waals surface area contributed by atoms with Crippen molar-refractivity contribution in [2.75, 3.05) is 5.32 Å². The molecule has 0 radical (unpaired) electrons. The molecule has 1 aromatic heterocycles. The molecule has 2 aliphatic rings. The van der Waals surface area contributed by atoms with Crippen LogP contribution in [0.1, 0.15) is 68.2 Å². The highest BCUT2D eigenvalue weighted by atomic mass is 32.2. The van der Waals surface area contributed by atoms with Crippen LogP contribution in [-0.4, -0.2) is 40.7 Å². The zero-order valence-electron chi connectivity index (χ0n) is 20.6. The molecular formula is C25H29N5O4S. The molecule has 35 heavy (non-hydrogen) atoms. The first kappa shape index (κ1) is 24.7. The van der Waals surface area contributed by atoms with Crippen molar-refractivity contribution in [3.05, 3.63) is 52.8 Å². The molecule has 0 spiro atoms. The fourth-order valence-electron chi connectivity index (χ4n) is 4.74. The van der Waals surface area contributed by atoms with Crippen LogP contribution in [0.25, 0.3) is 0 Å². The van der Waals surface area contributed by atoms with Gasteiger partial charge < -0.3 is 15.8 Å². The Morgan fingerprint density at radius 2 is 1.91 bits per heavy atom. The van der Waals surface area contributed by atoms with Crippen LogP contribution >= 0.6 is 0 Å². The van der Waals surface area contributed by atoms with E-state index in [0.717, 1.165) is 0 Å². The molecule has 3 heterocycles. The second kappa shape index (κ2) is 7.78. The Morgan fingerprint density at radius 3 is 2.54 bits per heavy atom. The minimum atomic E-state index is -3.76. The van der Waals surface area contributed by atoms with E-state index in [2.05, 4.69) is 10.3 Å². The van der Waals surface area contributed by atoms with Crippen molar-refractivity contribution in [2.45, 2.75) is 69.1 Å². The molecule has 0 aliphatic carbocycles. The Labute approximate surface area is 205 Å². The number of amides is 1. The first-order valence-electron chi connectivity index (χ1n) is 11.2. The van der Waals surface area contributed by atoms with Gasteiger partial charge in [0, 0.05) is 23.9 Å². The van der Waals surface area contributed by atoms with Gasteiger partial charge in [0.1, 0.15) is 39.2 Å². The van der Waals surface area contributed by atoms with Crippen molar-refractivity contribution in [1.82, 2.24) is 4.98 Å². The number of pyridine rings is 1. The molecule has 184 valence electrons. The van der Waals surface area contributed by atoms with Gasteiger partial charge in [-0.3, -0.25) is 9.79 Å². The van der Waals surface area contributed by atoms with Crippen molar-refractivity contribution in [2.24, 2.45) is 10.7 Å². The smallest absolute Gasteiger partial charge is 0.274 e. The van der Waals surface area contributed by atoms with E-state index in [-0.39, 0.29) is 18.0 Å². The average Bonchev–Trinajstić information content (AvgIpc) is 2.85. The number of nitrogens with one attached hydrogen (secondary N) is 1. The van der Waals surface area contributed by atoms with Crippen LogP contribution in [0.15, 0.2) is 35.5 Å². The molecule has 9 nitrogen and oxygen atoms in total. The Balaban J connectivity index is 1.83. The summed E-state index contributed by atoms with van der Waals surface area (Å²) < 4.78 is 32.5. The average molecular weight is 496 g/mol. The predicted molar refractivity (Wildman–Crippen MR) is 133 cm³/mol. The SMILES string of the molecule is Cc1cc(C#N)cnc1C(=O)Nc1ccc2c(c1)[C@@]1(C)N=C(N)C(C)(C)S(=O)(=O)[C@@H]1CC(C)(C)O2. The maximum Gasteiger partial charge on any atom is 0.274 e. The maximum absolute atomic E-state index is 13.8. The number of anilines is 1. The quantitative estimate of drug-likeness (QED) is 0.650. The highest BCUT2D eigenvalue weighted by Gasteiger charge is 2.59. The third-order valence-electron chi connectivity index (χ3n) is 6.95. The van der Waals surface area contributed by atoms with Crippen LogP contribution in [0.4, 0.5) is 5.69 Å². The van der Waals surface area contributed by atoms with E-state index in [1.54, 1.807) is 52.0 Å². The van der Waals surface area contributed by atoms with Crippen LogP contribution in [0.3, 0.4) is 0 Å². The molecule has 2 aliphatic heterocycles. The first-order chi connectivity index (χ1) is 16.1. The number of sulfone groups is 1. The zero-order valence-corrected chi connectivity index (χ0v) is 21.4. The molecule has 0 saturated heterocycles. The van der Waals surface area contributed by atoms with Crippen molar-refractivity contribution in [3.8, 4) is 11.8 Å². The zero-order chi connectivity index (χ0) is 26.0. The Kier molecular flexibility index (Phi) is 5.48. The van der Waals surface area contributed by atoms with Crippen molar-refractivity contribution >= 4 is 27.3 Å². The third-order valence-corrected chi connectivity index (χ3v) is 9.96. The summed E-state index contributed by atoms with van der Waals surface area (Å²) in [5, 5.41) is 11.0. The normalized spacial score (nSPS) is 25.5. The molecule has 4 rings (SSSR count). The third kappa shape index (κ3) is 3.84. The van der Waals surface area contributed by atoms with Crippen LogP contribution in [0.2, 0.25) is 0 Å². The minimum Gasteiger partial charge on any atom is -0.487 e. The van der Waals surface area contributed by atoms with E-state index in [1.807, 2.05) is 19.9 Å². The van der Waals surface area contributed by atoms with E-state index in [9.17, 15) is 13.2 Å². The summed E-state index contributed by atoms with van der Waals surface area (Å²) >= 11 is 0. The molecular weight excluding hydrogens is 466 g/mol. The number of aromatic nitrogens is 1. The van der Waals surface area contributed by atoms with E-state index >= 15 is 0 Å². The summed E-state index contributed by atoms with van der Waals surface area (Å²) in [6.07, 6.45) is 1.56. The summed E-state index contributed by atoms with van der Waals surface area (Å²) in [5.74, 6) is 0.0646. The maximum atomic E-state index is 13.8. The van der Waals surface area contributed by atoms with Gasteiger partial charge in [-0.15, -0.1) is 0 Å². The lowest BCUT2D eigenvalue weighted by atomic mass is 9.84. The number of amidine groups is 1. The number of aryl methyl sites for hydroxylation is 1. The molecule has 10 heteroatoms. The number of fused-ring (bicyclic) bond motifs is 3. The number of benzene rings is 1. The van der Waals surface area contributed by atoms with Gasteiger partial charge in [0.2, 0.25) is 0 Å². The van der Waals surface area contributed by atoms with E-state index < -0.39 is 36.9 Å². The van der Waals surface area contributed by atoms with Crippen LogP contribution in [0.5, 0.6) is 5.75 Å². The number of hydrogen-bond acceptors (Lipinski definition) is 8. The first-order valence-corrected chi connectivity index (χ1v) is 12.8. The molecule has 0 saturated carbocycles. The van der Waals surface area contributed by atoms with E-state index in [0.29, 0.717) is 28.1 Å².